The second-order valence-corrected chi connectivity index (χ2v) is 7.01. The van der Waals surface area contributed by atoms with E-state index in [0.717, 1.165) is 44.2 Å². The Kier molecular flexibility index (Phi) is 4.72. The van der Waals surface area contributed by atoms with Crippen LogP contribution in [0.15, 0.2) is 30.6 Å². The van der Waals surface area contributed by atoms with Gasteiger partial charge in [-0.15, -0.1) is 0 Å². The average molecular weight is 360 g/mol. The van der Waals surface area contributed by atoms with Crippen LogP contribution in [0.25, 0.3) is 0 Å². The number of likely N-dealkylation sites (tertiary alicyclic amines) is 1. The first kappa shape index (κ1) is 17.1. The summed E-state index contributed by atoms with van der Waals surface area (Å²) in [6.45, 7) is 2.30. The molecule has 1 aromatic heterocycles. The maximum Gasteiger partial charge on any atom is 0.218 e. The highest BCUT2D eigenvalue weighted by Crippen LogP contribution is 2.35. The number of methoxy groups -OCH3 is 1. The maximum absolute atomic E-state index is 13.4. The van der Waals surface area contributed by atoms with Crippen LogP contribution < -0.4 is 9.64 Å². The smallest absolute Gasteiger partial charge is 0.218 e. The fourth-order valence-corrected chi connectivity index (χ4v) is 3.75. The Balaban J connectivity index is 1.47. The van der Waals surface area contributed by atoms with Crippen molar-refractivity contribution in [3.8, 4) is 5.88 Å². The summed E-state index contributed by atoms with van der Waals surface area (Å²) >= 11 is 0. The minimum Gasteiger partial charge on any atom is -0.481 e. The second kappa shape index (κ2) is 7.15. The zero-order valence-corrected chi connectivity index (χ0v) is 14.7. The normalized spacial score (nSPS) is 20.3. The first-order chi connectivity index (χ1) is 12.6. The monoisotopic (exact) mass is 360 g/mol. The number of hydrogen-bond acceptors (Lipinski definition) is 5. The molecule has 0 N–H and O–H groups in total. The maximum atomic E-state index is 13.4. The van der Waals surface area contributed by atoms with Crippen LogP contribution in [0, 0.1) is 11.6 Å². The van der Waals surface area contributed by atoms with Gasteiger partial charge in [-0.05, 0) is 37.0 Å². The number of anilines is 1. The van der Waals surface area contributed by atoms with Crippen LogP contribution in [0.3, 0.4) is 0 Å². The highest BCUT2D eigenvalue weighted by Gasteiger charge is 2.38. The first-order valence-electron chi connectivity index (χ1n) is 8.94. The predicted octanol–water partition coefficient (Wildman–Crippen LogP) is 3.01. The molecule has 1 unspecified atom stereocenters. The number of benzene rings is 1. The lowest BCUT2D eigenvalue weighted by Gasteiger charge is -2.30. The van der Waals surface area contributed by atoms with Crippen molar-refractivity contribution in [2.45, 2.75) is 37.9 Å². The Morgan fingerprint density at radius 3 is 2.54 bits per heavy atom. The van der Waals surface area contributed by atoms with Crippen LogP contribution in [0.1, 0.15) is 24.8 Å². The van der Waals surface area contributed by atoms with Crippen LogP contribution in [0.5, 0.6) is 5.88 Å². The van der Waals surface area contributed by atoms with E-state index in [4.69, 9.17) is 4.74 Å². The molecule has 2 aliphatic rings. The summed E-state index contributed by atoms with van der Waals surface area (Å²) < 4.78 is 32.1. The second-order valence-electron chi connectivity index (χ2n) is 7.01. The van der Waals surface area contributed by atoms with E-state index in [2.05, 4.69) is 19.8 Å². The van der Waals surface area contributed by atoms with E-state index in [0.29, 0.717) is 30.1 Å². The zero-order chi connectivity index (χ0) is 18.1. The van der Waals surface area contributed by atoms with Crippen molar-refractivity contribution >= 4 is 5.82 Å². The Bertz CT molecular complexity index is 764. The highest BCUT2D eigenvalue weighted by molar-refractivity contribution is 5.45. The Morgan fingerprint density at radius 2 is 1.85 bits per heavy atom. The van der Waals surface area contributed by atoms with Crippen LogP contribution in [0.2, 0.25) is 0 Å². The summed E-state index contributed by atoms with van der Waals surface area (Å²) in [6.07, 6.45) is 4.86. The molecule has 2 fully saturated rings. The van der Waals surface area contributed by atoms with E-state index in [1.165, 1.54) is 18.5 Å². The molecule has 4 rings (SSSR count). The molecule has 7 heteroatoms. The minimum absolute atomic E-state index is 0.334. The minimum atomic E-state index is -0.525. The molecule has 2 aromatic rings. The fraction of sp³-hybridized carbons (Fsp3) is 0.474. The standard InChI is InChI=1S/C19H22F2N4O/c1-26-19-9-18(22-12-23-19)25(16-2-3-16)17-4-5-24(11-17)10-13-6-14(20)8-15(21)7-13/h6-9,12,16-17H,2-5,10-11H2,1H3. The molecule has 1 aromatic carbocycles. The van der Waals surface area contributed by atoms with Gasteiger partial charge in [0.05, 0.1) is 7.11 Å². The number of ether oxygens (including phenoxy) is 1. The van der Waals surface area contributed by atoms with Gasteiger partial charge < -0.3 is 9.64 Å². The van der Waals surface area contributed by atoms with Gasteiger partial charge in [-0.3, -0.25) is 4.90 Å². The topological polar surface area (TPSA) is 41.5 Å². The van der Waals surface area contributed by atoms with Gasteiger partial charge in [-0.2, -0.15) is 0 Å². The van der Waals surface area contributed by atoms with Gasteiger partial charge in [0.1, 0.15) is 23.8 Å². The molecule has 1 aliphatic carbocycles. The molecule has 2 heterocycles. The first-order valence-corrected chi connectivity index (χ1v) is 8.94. The molecule has 138 valence electrons. The lowest BCUT2D eigenvalue weighted by Crippen LogP contribution is -2.39. The third kappa shape index (κ3) is 3.77. The predicted molar refractivity (Wildman–Crippen MR) is 94.1 cm³/mol. The van der Waals surface area contributed by atoms with E-state index < -0.39 is 11.6 Å². The van der Waals surface area contributed by atoms with Crippen LogP contribution in [-0.4, -0.2) is 47.2 Å². The molecule has 0 radical (unpaired) electrons. The van der Waals surface area contributed by atoms with Crippen molar-refractivity contribution < 1.29 is 13.5 Å². The molecular weight excluding hydrogens is 338 g/mol. The average Bonchev–Trinajstić information content (AvgIpc) is 3.34. The van der Waals surface area contributed by atoms with Crippen molar-refractivity contribution in [2.75, 3.05) is 25.1 Å². The molecule has 0 amide bonds. The quantitative estimate of drug-likeness (QED) is 0.792. The van der Waals surface area contributed by atoms with Gasteiger partial charge >= 0.3 is 0 Å². The third-order valence-corrected chi connectivity index (χ3v) is 5.01. The fourth-order valence-electron chi connectivity index (χ4n) is 3.75. The van der Waals surface area contributed by atoms with Crippen LogP contribution in [0.4, 0.5) is 14.6 Å². The zero-order valence-electron chi connectivity index (χ0n) is 14.7. The van der Waals surface area contributed by atoms with Crippen LogP contribution in [-0.2, 0) is 6.54 Å². The van der Waals surface area contributed by atoms with E-state index in [-0.39, 0.29) is 0 Å². The highest BCUT2D eigenvalue weighted by atomic mass is 19.1. The van der Waals surface area contributed by atoms with E-state index in [1.54, 1.807) is 7.11 Å². The van der Waals surface area contributed by atoms with Crippen molar-refractivity contribution in [3.63, 3.8) is 0 Å². The number of rotatable bonds is 6. The molecule has 1 saturated heterocycles. The third-order valence-electron chi connectivity index (χ3n) is 5.01. The van der Waals surface area contributed by atoms with Crippen molar-refractivity contribution in [1.82, 2.24) is 14.9 Å². The van der Waals surface area contributed by atoms with Gasteiger partial charge in [0.15, 0.2) is 0 Å². The summed E-state index contributed by atoms with van der Waals surface area (Å²) in [6, 6.07) is 6.44. The summed E-state index contributed by atoms with van der Waals surface area (Å²) in [7, 11) is 1.60. The molecule has 5 nitrogen and oxygen atoms in total. The van der Waals surface area contributed by atoms with Gasteiger partial charge in [-0.25, -0.2) is 18.7 Å². The van der Waals surface area contributed by atoms with Gasteiger partial charge in [0.2, 0.25) is 5.88 Å². The summed E-state index contributed by atoms with van der Waals surface area (Å²) in [5, 5.41) is 0. The summed E-state index contributed by atoms with van der Waals surface area (Å²) in [4.78, 5) is 13.1. The lowest BCUT2D eigenvalue weighted by molar-refractivity contribution is 0.323. The van der Waals surface area contributed by atoms with Gasteiger partial charge in [0.25, 0.3) is 0 Å². The molecule has 1 atom stereocenters. The number of halogens is 2. The number of nitrogens with zero attached hydrogens (tertiary/aromatic N) is 4. The van der Waals surface area contributed by atoms with Crippen molar-refractivity contribution in [3.05, 3.63) is 47.8 Å². The largest absolute Gasteiger partial charge is 0.481 e. The molecule has 26 heavy (non-hydrogen) atoms. The molecular formula is C19H22F2N4O. The summed E-state index contributed by atoms with van der Waals surface area (Å²) in [5.41, 5.74) is 0.671. The van der Waals surface area contributed by atoms with Crippen molar-refractivity contribution in [2.24, 2.45) is 0 Å². The van der Waals surface area contributed by atoms with E-state index in [9.17, 15) is 8.78 Å². The molecule has 0 bridgehead atoms. The molecule has 1 saturated carbocycles. The molecule has 0 spiro atoms. The Hall–Kier alpha value is -2.28. The SMILES string of the molecule is COc1cc(N(C2CC2)C2CCN(Cc3cc(F)cc(F)c3)C2)ncn1. The Labute approximate surface area is 151 Å². The van der Waals surface area contributed by atoms with Gasteiger partial charge in [0, 0.05) is 43.9 Å². The summed E-state index contributed by atoms with van der Waals surface area (Å²) in [5.74, 6) is 0.403. The number of aromatic nitrogens is 2. The van der Waals surface area contributed by atoms with E-state index >= 15 is 0 Å². The van der Waals surface area contributed by atoms with Crippen molar-refractivity contribution in [1.29, 1.82) is 0 Å². The number of hydrogen-bond donors (Lipinski definition) is 0. The Morgan fingerprint density at radius 1 is 1.08 bits per heavy atom. The van der Waals surface area contributed by atoms with Gasteiger partial charge in [-0.1, -0.05) is 0 Å². The van der Waals surface area contributed by atoms with E-state index in [1.807, 2.05) is 6.07 Å². The lowest BCUT2D eigenvalue weighted by atomic mass is 10.2. The van der Waals surface area contributed by atoms with Crippen LogP contribution >= 0.6 is 0 Å². The molecule has 1 aliphatic heterocycles.